The first-order valence-electron chi connectivity index (χ1n) is 8.86. The van der Waals surface area contributed by atoms with Crippen LogP contribution in [0.5, 0.6) is 0 Å². The average Bonchev–Trinajstić information content (AvgIpc) is 3.39. The molecule has 0 N–H and O–H groups in total. The summed E-state index contributed by atoms with van der Waals surface area (Å²) < 4.78 is 5.39. The van der Waals surface area contributed by atoms with E-state index in [1.807, 2.05) is 34.5 Å². The summed E-state index contributed by atoms with van der Waals surface area (Å²) in [5.74, 6) is 1.76. The minimum atomic E-state index is 0.0197. The molecule has 2 atom stereocenters. The van der Waals surface area contributed by atoms with E-state index in [-0.39, 0.29) is 11.8 Å². The van der Waals surface area contributed by atoms with Crippen molar-refractivity contribution in [3.8, 4) is 0 Å². The molecule has 5 nitrogen and oxygen atoms in total. The van der Waals surface area contributed by atoms with Crippen molar-refractivity contribution < 1.29 is 9.32 Å². The van der Waals surface area contributed by atoms with E-state index < -0.39 is 0 Å². The lowest BCUT2D eigenvalue weighted by Gasteiger charge is -2.21. The molecular weight excluding hydrogens is 346 g/mol. The molecular formula is C20H21N3O2S. The van der Waals surface area contributed by atoms with Crippen molar-refractivity contribution in [2.75, 3.05) is 13.1 Å². The van der Waals surface area contributed by atoms with Gasteiger partial charge in [0, 0.05) is 30.3 Å². The Morgan fingerprint density at radius 3 is 2.88 bits per heavy atom. The van der Waals surface area contributed by atoms with Crippen molar-refractivity contribution in [3.63, 3.8) is 0 Å². The van der Waals surface area contributed by atoms with E-state index >= 15 is 0 Å². The van der Waals surface area contributed by atoms with Gasteiger partial charge in [0.15, 0.2) is 5.82 Å². The number of amides is 1. The SMILES string of the molecule is CC(CN1CC(c2noc(Cc3cccs3)n2)CC1=O)c1ccccc1. The molecule has 3 aromatic rings. The lowest BCUT2D eigenvalue weighted by Crippen LogP contribution is -2.29. The molecule has 6 heteroatoms. The number of benzene rings is 1. The van der Waals surface area contributed by atoms with E-state index in [1.165, 1.54) is 10.4 Å². The molecule has 0 spiro atoms. The maximum atomic E-state index is 12.4. The smallest absolute Gasteiger partial charge is 0.231 e. The maximum absolute atomic E-state index is 12.4. The first kappa shape index (κ1) is 17.0. The third-order valence-electron chi connectivity index (χ3n) is 4.83. The van der Waals surface area contributed by atoms with E-state index in [2.05, 4.69) is 35.3 Å². The zero-order chi connectivity index (χ0) is 17.9. The van der Waals surface area contributed by atoms with Crippen LogP contribution in [0.3, 0.4) is 0 Å². The molecule has 1 amide bonds. The number of hydrogen-bond acceptors (Lipinski definition) is 5. The molecule has 0 aliphatic carbocycles. The lowest BCUT2D eigenvalue weighted by molar-refractivity contribution is -0.127. The zero-order valence-corrected chi connectivity index (χ0v) is 15.5. The van der Waals surface area contributed by atoms with Crippen LogP contribution in [0.2, 0.25) is 0 Å². The quantitative estimate of drug-likeness (QED) is 0.664. The first-order chi connectivity index (χ1) is 12.7. The number of rotatable bonds is 6. The highest BCUT2D eigenvalue weighted by molar-refractivity contribution is 7.09. The van der Waals surface area contributed by atoms with Crippen molar-refractivity contribution in [1.82, 2.24) is 15.0 Å². The molecule has 2 unspecified atom stereocenters. The van der Waals surface area contributed by atoms with Crippen molar-refractivity contribution in [2.45, 2.75) is 31.6 Å². The predicted molar refractivity (Wildman–Crippen MR) is 100 cm³/mol. The van der Waals surface area contributed by atoms with Crippen molar-refractivity contribution in [2.24, 2.45) is 0 Å². The zero-order valence-electron chi connectivity index (χ0n) is 14.7. The van der Waals surface area contributed by atoms with Gasteiger partial charge in [0.2, 0.25) is 11.8 Å². The second-order valence-corrected chi connectivity index (χ2v) is 7.85. The average molecular weight is 367 g/mol. The molecule has 1 aromatic carbocycles. The van der Waals surface area contributed by atoms with Crippen LogP contribution in [0, 0.1) is 0 Å². The topological polar surface area (TPSA) is 59.2 Å². The molecule has 1 saturated heterocycles. The van der Waals surface area contributed by atoms with Crippen LogP contribution in [0.25, 0.3) is 0 Å². The summed E-state index contributed by atoms with van der Waals surface area (Å²) in [5, 5.41) is 6.16. The van der Waals surface area contributed by atoms with E-state index in [0.717, 1.165) is 6.54 Å². The Labute approximate surface area is 156 Å². The van der Waals surface area contributed by atoms with Gasteiger partial charge in [-0.25, -0.2) is 0 Å². The monoisotopic (exact) mass is 367 g/mol. The van der Waals surface area contributed by atoms with Gasteiger partial charge in [0.25, 0.3) is 0 Å². The summed E-state index contributed by atoms with van der Waals surface area (Å²) in [7, 11) is 0. The molecule has 26 heavy (non-hydrogen) atoms. The van der Waals surface area contributed by atoms with Crippen LogP contribution < -0.4 is 0 Å². The highest BCUT2D eigenvalue weighted by Crippen LogP contribution is 2.29. The van der Waals surface area contributed by atoms with Gasteiger partial charge < -0.3 is 9.42 Å². The standard InChI is InChI=1S/C20H21N3O2S/c1-14(15-6-3-2-4-7-15)12-23-13-16(10-19(23)24)20-21-18(25-22-20)11-17-8-5-9-26-17/h2-9,14,16H,10-13H2,1H3. The fraction of sp³-hybridized carbons (Fsp3) is 0.350. The molecule has 1 aliphatic heterocycles. The van der Waals surface area contributed by atoms with Crippen molar-refractivity contribution >= 4 is 17.2 Å². The van der Waals surface area contributed by atoms with Gasteiger partial charge in [-0.05, 0) is 22.9 Å². The van der Waals surface area contributed by atoms with Gasteiger partial charge in [-0.2, -0.15) is 4.98 Å². The Bertz CT molecular complexity index is 860. The number of carbonyl (C=O) groups is 1. The van der Waals surface area contributed by atoms with Crippen LogP contribution in [0.4, 0.5) is 0 Å². The van der Waals surface area contributed by atoms with Gasteiger partial charge >= 0.3 is 0 Å². The Balaban J connectivity index is 1.39. The fourth-order valence-electron chi connectivity index (χ4n) is 3.41. The second kappa shape index (κ2) is 7.41. The highest BCUT2D eigenvalue weighted by atomic mass is 32.1. The summed E-state index contributed by atoms with van der Waals surface area (Å²) in [6.07, 6.45) is 1.11. The fourth-order valence-corrected chi connectivity index (χ4v) is 4.10. The van der Waals surface area contributed by atoms with Gasteiger partial charge in [0.05, 0.1) is 6.42 Å². The Morgan fingerprint density at radius 2 is 2.12 bits per heavy atom. The lowest BCUT2D eigenvalue weighted by atomic mass is 10.0. The summed E-state index contributed by atoms with van der Waals surface area (Å²) in [6, 6.07) is 14.4. The molecule has 1 fully saturated rings. The van der Waals surface area contributed by atoms with E-state index in [4.69, 9.17) is 4.52 Å². The number of carbonyl (C=O) groups excluding carboxylic acids is 1. The Morgan fingerprint density at radius 1 is 1.27 bits per heavy atom. The van der Waals surface area contributed by atoms with Gasteiger partial charge in [-0.15, -0.1) is 11.3 Å². The van der Waals surface area contributed by atoms with Crippen LogP contribution in [-0.4, -0.2) is 34.0 Å². The number of thiophene rings is 1. The molecule has 1 aliphatic rings. The molecule has 0 radical (unpaired) electrons. The molecule has 4 rings (SSSR count). The molecule has 2 aromatic heterocycles. The van der Waals surface area contributed by atoms with Crippen molar-refractivity contribution in [3.05, 3.63) is 70.0 Å². The summed E-state index contributed by atoms with van der Waals surface area (Å²) in [6.45, 7) is 3.54. The van der Waals surface area contributed by atoms with Crippen LogP contribution in [0.1, 0.15) is 47.3 Å². The van der Waals surface area contributed by atoms with Crippen LogP contribution in [0.15, 0.2) is 52.4 Å². The summed E-state index contributed by atoms with van der Waals surface area (Å²) in [4.78, 5) is 20.1. The Hall–Kier alpha value is -2.47. The predicted octanol–water partition coefficient (Wildman–Crippen LogP) is 3.84. The highest BCUT2D eigenvalue weighted by Gasteiger charge is 2.34. The third-order valence-corrected chi connectivity index (χ3v) is 5.71. The molecule has 3 heterocycles. The normalized spacial score (nSPS) is 18.4. The number of nitrogens with zero attached hydrogens (tertiary/aromatic N) is 3. The van der Waals surface area contributed by atoms with Gasteiger partial charge in [-0.3, -0.25) is 4.79 Å². The summed E-state index contributed by atoms with van der Waals surface area (Å²) >= 11 is 1.67. The van der Waals surface area contributed by atoms with Crippen LogP contribution in [-0.2, 0) is 11.2 Å². The third kappa shape index (κ3) is 3.70. The number of aromatic nitrogens is 2. The molecule has 0 bridgehead atoms. The largest absolute Gasteiger partial charge is 0.341 e. The van der Waals surface area contributed by atoms with Gasteiger partial charge in [-0.1, -0.05) is 48.5 Å². The second-order valence-electron chi connectivity index (χ2n) is 6.81. The number of likely N-dealkylation sites (tertiary alicyclic amines) is 1. The summed E-state index contributed by atoms with van der Waals surface area (Å²) in [5.41, 5.74) is 1.25. The van der Waals surface area contributed by atoms with Gasteiger partial charge in [0.1, 0.15) is 0 Å². The molecule has 134 valence electrons. The molecule has 0 saturated carbocycles. The van der Waals surface area contributed by atoms with E-state index in [1.54, 1.807) is 11.3 Å². The minimum Gasteiger partial charge on any atom is -0.341 e. The van der Waals surface area contributed by atoms with Crippen LogP contribution >= 0.6 is 11.3 Å². The minimum absolute atomic E-state index is 0.0197. The van der Waals surface area contributed by atoms with E-state index in [9.17, 15) is 4.79 Å². The van der Waals surface area contributed by atoms with E-state index in [0.29, 0.717) is 37.0 Å². The Kier molecular flexibility index (Phi) is 4.84. The first-order valence-corrected chi connectivity index (χ1v) is 9.74. The number of hydrogen-bond donors (Lipinski definition) is 0. The maximum Gasteiger partial charge on any atom is 0.231 e. The van der Waals surface area contributed by atoms with Crippen molar-refractivity contribution in [1.29, 1.82) is 0 Å².